The molecule has 2 N–H and O–H groups in total. The molecule has 0 aromatic heterocycles. The summed E-state index contributed by atoms with van der Waals surface area (Å²) in [5.41, 5.74) is 0. The molecule has 6 nitrogen and oxygen atoms in total. The van der Waals surface area contributed by atoms with Crippen LogP contribution in [0, 0.1) is 5.92 Å². The summed E-state index contributed by atoms with van der Waals surface area (Å²) < 4.78 is 27.3. The van der Waals surface area contributed by atoms with Crippen LogP contribution in [0.5, 0.6) is 0 Å². The third-order valence-corrected chi connectivity index (χ3v) is 5.15. The van der Waals surface area contributed by atoms with Gasteiger partial charge in [-0.2, -0.15) is 0 Å². The van der Waals surface area contributed by atoms with Gasteiger partial charge in [-0.15, -0.1) is 24.0 Å². The van der Waals surface area contributed by atoms with Gasteiger partial charge in [-0.3, -0.25) is 4.99 Å². The number of halogens is 1. The molecule has 0 saturated heterocycles. The number of nitrogens with one attached hydrogen (secondary N) is 2. The maximum atomic E-state index is 11.0. The van der Waals surface area contributed by atoms with Crippen LogP contribution in [0.15, 0.2) is 4.99 Å². The van der Waals surface area contributed by atoms with Crippen molar-refractivity contribution in [1.29, 1.82) is 0 Å². The Bertz CT molecular complexity index is 449. The zero-order valence-corrected chi connectivity index (χ0v) is 18.4. The summed E-state index contributed by atoms with van der Waals surface area (Å²) in [4.78, 5) is 4.24. The minimum atomic E-state index is -2.94. The van der Waals surface area contributed by atoms with E-state index in [-0.39, 0.29) is 36.3 Å². The standard InChI is InChI=1S/C16H33N3O3S.HI/c1-4-5-14-6-8-15(9-7-14)19-16(17-2)18-10-11-22-12-13-23(3,20)21;/h14-15H,4-13H2,1-3H3,(H2,17,18,19);1H. The van der Waals surface area contributed by atoms with Gasteiger partial charge in [-0.25, -0.2) is 8.42 Å². The number of aliphatic imine (C=N–C) groups is 1. The van der Waals surface area contributed by atoms with Crippen LogP contribution < -0.4 is 10.6 Å². The summed E-state index contributed by atoms with van der Waals surface area (Å²) in [6.45, 7) is 3.59. The molecule has 0 radical (unpaired) electrons. The van der Waals surface area contributed by atoms with Crippen LogP contribution in [0.1, 0.15) is 45.4 Å². The van der Waals surface area contributed by atoms with Crippen molar-refractivity contribution in [2.45, 2.75) is 51.5 Å². The Balaban J connectivity index is 0.00000529. The fourth-order valence-corrected chi connectivity index (χ4v) is 3.37. The second-order valence-electron chi connectivity index (χ2n) is 6.39. The molecule has 0 aromatic carbocycles. The molecule has 0 aliphatic heterocycles. The number of sulfone groups is 1. The predicted octanol–water partition coefficient (Wildman–Crippen LogP) is 2.19. The lowest BCUT2D eigenvalue weighted by molar-refractivity contribution is 0.153. The first-order valence-corrected chi connectivity index (χ1v) is 10.7. The van der Waals surface area contributed by atoms with Crippen molar-refractivity contribution in [3.05, 3.63) is 0 Å². The van der Waals surface area contributed by atoms with E-state index in [1.165, 1.54) is 44.8 Å². The fourth-order valence-electron chi connectivity index (χ4n) is 2.95. The zero-order valence-electron chi connectivity index (χ0n) is 15.2. The maximum Gasteiger partial charge on any atom is 0.191 e. The molecule has 8 heteroatoms. The zero-order chi connectivity index (χ0) is 17.1. The molecular formula is C16H34IN3O3S. The summed E-state index contributed by atoms with van der Waals surface area (Å²) in [5.74, 6) is 1.77. The van der Waals surface area contributed by atoms with Crippen LogP contribution in [0.25, 0.3) is 0 Å². The average molecular weight is 475 g/mol. The number of hydrogen-bond acceptors (Lipinski definition) is 4. The first kappa shape index (κ1) is 23.9. The van der Waals surface area contributed by atoms with E-state index in [1.807, 2.05) is 0 Å². The molecule has 1 saturated carbocycles. The van der Waals surface area contributed by atoms with Crippen LogP contribution in [0.2, 0.25) is 0 Å². The van der Waals surface area contributed by atoms with E-state index >= 15 is 0 Å². The lowest BCUT2D eigenvalue weighted by Crippen LogP contribution is -2.45. The highest BCUT2D eigenvalue weighted by molar-refractivity contribution is 14.0. The van der Waals surface area contributed by atoms with E-state index in [2.05, 4.69) is 22.5 Å². The Morgan fingerprint density at radius 1 is 1.21 bits per heavy atom. The van der Waals surface area contributed by atoms with Crippen molar-refractivity contribution in [3.8, 4) is 0 Å². The molecule has 1 fully saturated rings. The van der Waals surface area contributed by atoms with Gasteiger partial charge in [0.05, 0.1) is 19.0 Å². The Morgan fingerprint density at radius 3 is 2.42 bits per heavy atom. The predicted molar refractivity (Wildman–Crippen MR) is 111 cm³/mol. The van der Waals surface area contributed by atoms with Crippen LogP contribution in [-0.2, 0) is 14.6 Å². The van der Waals surface area contributed by atoms with Crippen LogP contribution in [0.3, 0.4) is 0 Å². The topological polar surface area (TPSA) is 79.8 Å². The summed E-state index contributed by atoms with van der Waals surface area (Å²) in [6, 6.07) is 0.500. The fraction of sp³-hybridized carbons (Fsp3) is 0.938. The minimum Gasteiger partial charge on any atom is -0.379 e. The summed E-state index contributed by atoms with van der Waals surface area (Å²) in [7, 11) is -1.18. The lowest BCUT2D eigenvalue weighted by atomic mass is 9.83. The number of rotatable bonds is 9. The third-order valence-electron chi connectivity index (χ3n) is 4.25. The molecule has 0 bridgehead atoms. The van der Waals surface area contributed by atoms with Gasteiger partial charge < -0.3 is 15.4 Å². The molecule has 1 aliphatic rings. The number of hydrogen-bond donors (Lipinski definition) is 2. The molecule has 0 amide bonds. The molecule has 0 atom stereocenters. The van der Waals surface area contributed by atoms with Gasteiger partial charge in [-0.05, 0) is 31.6 Å². The van der Waals surface area contributed by atoms with Gasteiger partial charge >= 0.3 is 0 Å². The highest BCUT2D eigenvalue weighted by atomic mass is 127. The molecule has 0 spiro atoms. The molecule has 0 heterocycles. The normalized spacial score (nSPS) is 21.9. The van der Waals surface area contributed by atoms with Crippen LogP contribution >= 0.6 is 24.0 Å². The molecule has 0 aromatic rings. The first-order valence-electron chi connectivity index (χ1n) is 8.67. The van der Waals surface area contributed by atoms with Crippen molar-refractivity contribution in [2.24, 2.45) is 10.9 Å². The number of guanidine groups is 1. The van der Waals surface area contributed by atoms with E-state index < -0.39 is 9.84 Å². The number of ether oxygens (including phenoxy) is 1. The van der Waals surface area contributed by atoms with Crippen LogP contribution in [-0.4, -0.2) is 59.2 Å². The minimum absolute atomic E-state index is 0. The van der Waals surface area contributed by atoms with Crippen molar-refractivity contribution >= 4 is 39.8 Å². The van der Waals surface area contributed by atoms with Crippen molar-refractivity contribution in [2.75, 3.05) is 38.8 Å². The van der Waals surface area contributed by atoms with Crippen molar-refractivity contribution < 1.29 is 13.2 Å². The van der Waals surface area contributed by atoms with E-state index in [1.54, 1.807) is 7.05 Å². The Morgan fingerprint density at radius 2 is 1.88 bits per heavy atom. The van der Waals surface area contributed by atoms with E-state index in [0.29, 0.717) is 19.2 Å². The molecule has 1 rings (SSSR count). The van der Waals surface area contributed by atoms with Gasteiger partial charge in [0.1, 0.15) is 9.84 Å². The van der Waals surface area contributed by atoms with Gasteiger partial charge in [-0.1, -0.05) is 19.8 Å². The average Bonchev–Trinajstić information content (AvgIpc) is 2.50. The van der Waals surface area contributed by atoms with E-state index in [4.69, 9.17) is 4.74 Å². The molecular weight excluding hydrogens is 441 g/mol. The highest BCUT2D eigenvalue weighted by Gasteiger charge is 2.21. The van der Waals surface area contributed by atoms with Gasteiger partial charge in [0.25, 0.3) is 0 Å². The molecule has 144 valence electrons. The second kappa shape index (κ2) is 13.2. The molecule has 1 aliphatic carbocycles. The van der Waals surface area contributed by atoms with Crippen molar-refractivity contribution in [3.63, 3.8) is 0 Å². The highest BCUT2D eigenvalue weighted by Crippen LogP contribution is 2.27. The first-order chi connectivity index (χ1) is 10.9. The summed E-state index contributed by atoms with van der Waals surface area (Å²) in [5, 5.41) is 6.69. The van der Waals surface area contributed by atoms with Gasteiger partial charge in [0.15, 0.2) is 5.96 Å². The maximum absolute atomic E-state index is 11.0. The van der Waals surface area contributed by atoms with Crippen LogP contribution in [0.4, 0.5) is 0 Å². The van der Waals surface area contributed by atoms with E-state index in [0.717, 1.165) is 11.9 Å². The van der Waals surface area contributed by atoms with Gasteiger partial charge in [0.2, 0.25) is 0 Å². The molecule has 24 heavy (non-hydrogen) atoms. The lowest BCUT2D eigenvalue weighted by Gasteiger charge is -2.30. The number of nitrogens with zero attached hydrogens (tertiary/aromatic N) is 1. The quantitative estimate of drug-likeness (QED) is 0.231. The summed E-state index contributed by atoms with van der Waals surface area (Å²) in [6.07, 6.45) is 8.87. The SMILES string of the molecule is CCCC1CCC(NC(=NC)NCCOCCS(C)(=O)=O)CC1.I. The Kier molecular flexibility index (Phi) is 13.1. The monoisotopic (exact) mass is 475 g/mol. The van der Waals surface area contributed by atoms with Crippen molar-refractivity contribution in [1.82, 2.24) is 10.6 Å². The van der Waals surface area contributed by atoms with Gasteiger partial charge in [0, 0.05) is 25.9 Å². The Hall–Kier alpha value is -0.0900. The molecule has 0 unspecified atom stereocenters. The largest absolute Gasteiger partial charge is 0.379 e. The second-order valence-corrected chi connectivity index (χ2v) is 8.65. The van der Waals surface area contributed by atoms with E-state index in [9.17, 15) is 8.42 Å². The summed E-state index contributed by atoms with van der Waals surface area (Å²) >= 11 is 0. The smallest absolute Gasteiger partial charge is 0.191 e. The third kappa shape index (κ3) is 11.5. The Labute approximate surface area is 164 Å².